The predicted molar refractivity (Wildman–Crippen MR) is 78.4 cm³/mol. The zero-order valence-corrected chi connectivity index (χ0v) is 13.1. The van der Waals surface area contributed by atoms with Crippen LogP contribution >= 0.6 is 43.2 Å². The molecule has 0 aliphatic carbocycles. The fourth-order valence-electron chi connectivity index (χ4n) is 1.30. The standard InChI is InChI=1S/C11H6Br2F2N2OS/c12-4-1-9(19-10(4)13)11(18)17-8-3-7(16)5(14)2-6(8)15/h1-3H,16H2,(H,17,18). The zero-order chi connectivity index (χ0) is 14.2. The van der Waals surface area contributed by atoms with Gasteiger partial charge in [0.05, 0.1) is 20.0 Å². The predicted octanol–water partition coefficient (Wildman–Crippen LogP) is 4.39. The maximum atomic E-state index is 13.5. The van der Waals surface area contributed by atoms with Crippen molar-refractivity contribution in [3.8, 4) is 0 Å². The van der Waals surface area contributed by atoms with Gasteiger partial charge >= 0.3 is 0 Å². The molecule has 8 heteroatoms. The van der Waals surface area contributed by atoms with Gasteiger partial charge in [-0.25, -0.2) is 8.78 Å². The van der Waals surface area contributed by atoms with Gasteiger partial charge in [-0.1, -0.05) is 0 Å². The molecule has 2 rings (SSSR count). The first-order valence-corrected chi connectivity index (χ1v) is 7.29. The van der Waals surface area contributed by atoms with E-state index in [1.807, 2.05) is 0 Å². The van der Waals surface area contributed by atoms with Gasteiger partial charge in [0, 0.05) is 10.5 Å². The van der Waals surface area contributed by atoms with E-state index in [2.05, 4.69) is 37.2 Å². The molecule has 19 heavy (non-hydrogen) atoms. The highest BCUT2D eigenvalue weighted by Gasteiger charge is 2.15. The number of hydrogen-bond acceptors (Lipinski definition) is 3. The molecule has 0 spiro atoms. The topological polar surface area (TPSA) is 55.1 Å². The van der Waals surface area contributed by atoms with E-state index in [1.54, 1.807) is 6.07 Å². The van der Waals surface area contributed by atoms with Crippen molar-refractivity contribution in [2.45, 2.75) is 0 Å². The maximum Gasteiger partial charge on any atom is 0.265 e. The van der Waals surface area contributed by atoms with Crippen LogP contribution in [-0.2, 0) is 0 Å². The second-order valence-electron chi connectivity index (χ2n) is 3.54. The zero-order valence-electron chi connectivity index (χ0n) is 9.14. The molecule has 2 aromatic rings. The second-order valence-corrected chi connectivity index (χ2v) is 6.76. The Balaban J connectivity index is 2.26. The van der Waals surface area contributed by atoms with Crippen molar-refractivity contribution >= 4 is 60.5 Å². The Bertz CT molecular complexity index is 641. The normalized spacial score (nSPS) is 10.5. The van der Waals surface area contributed by atoms with E-state index in [-0.39, 0.29) is 11.4 Å². The lowest BCUT2D eigenvalue weighted by Gasteiger charge is -2.06. The number of thiophene rings is 1. The fraction of sp³-hybridized carbons (Fsp3) is 0. The molecule has 1 heterocycles. The summed E-state index contributed by atoms with van der Waals surface area (Å²) in [5.74, 6) is -2.24. The number of halogens is 4. The Labute approximate surface area is 128 Å². The van der Waals surface area contributed by atoms with Crippen LogP contribution in [0.25, 0.3) is 0 Å². The highest BCUT2D eigenvalue weighted by atomic mass is 79.9. The Hall–Kier alpha value is -0.990. The van der Waals surface area contributed by atoms with Crippen molar-refractivity contribution in [3.05, 3.63) is 43.0 Å². The van der Waals surface area contributed by atoms with Crippen LogP contribution in [0.15, 0.2) is 26.5 Å². The summed E-state index contributed by atoms with van der Waals surface area (Å²) in [7, 11) is 0. The third kappa shape index (κ3) is 3.13. The van der Waals surface area contributed by atoms with Crippen molar-refractivity contribution < 1.29 is 13.6 Å². The van der Waals surface area contributed by atoms with Gasteiger partial charge < -0.3 is 11.1 Å². The van der Waals surface area contributed by atoms with E-state index >= 15 is 0 Å². The molecule has 3 N–H and O–H groups in total. The largest absolute Gasteiger partial charge is 0.396 e. The Morgan fingerprint density at radius 2 is 1.89 bits per heavy atom. The van der Waals surface area contributed by atoms with Gasteiger partial charge in [0.15, 0.2) is 0 Å². The lowest BCUT2D eigenvalue weighted by molar-refractivity contribution is 0.103. The molecule has 0 fully saturated rings. The summed E-state index contributed by atoms with van der Waals surface area (Å²) in [6, 6.07) is 3.26. The number of amides is 1. The van der Waals surface area contributed by atoms with Crippen LogP contribution in [0.2, 0.25) is 0 Å². The van der Waals surface area contributed by atoms with Gasteiger partial charge in [-0.05, 0) is 44.0 Å². The number of hydrogen-bond donors (Lipinski definition) is 2. The number of nitrogens with two attached hydrogens (primary N) is 1. The van der Waals surface area contributed by atoms with Crippen molar-refractivity contribution in [2.24, 2.45) is 0 Å². The van der Waals surface area contributed by atoms with E-state index < -0.39 is 17.5 Å². The van der Waals surface area contributed by atoms with Gasteiger partial charge in [-0.15, -0.1) is 11.3 Å². The summed E-state index contributed by atoms with van der Waals surface area (Å²) in [6.07, 6.45) is 0. The lowest BCUT2D eigenvalue weighted by Crippen LogP contribution is -2.12. The molecule has 0 saturated carbocycles. The summed E-state index contributed by atoms with van der Waals surface area (Å²) in [5, 5.41) is 2.34. The Morgan fingerprint density at radius 3 is 2.47 bits per heavy atom. The molecule has 0 aliphatic rings. The third-order valence-electron chi connectivity index (χ3n) is 2.20. The Morgan fingerprint density at radius 1 is 1.21 bits per heavy atom. The average molecular weight is 412 g/mol. The Kier molecular flexibility index (Phi) is 4.22. The van der Waals surface area contributed by atoms with Crippen molar-refractivity contribution in [3.63, 3.8) is 0 Å². The number of anilines is 2. The maximum absolute atomic E-state index is 13.5. The first-order chi connectivity index (χ1) is 8.88. The average Bonchev–Trinajstić information content (AvgIpc) is 2.67. The molecular formula is C11H6Br2F2N2OS. The van der Waals surface area contributed by atoms with Gasteiger partial charge in [0.25, 0.3) is 5.91 Å². The monoisotopic (exact) mass is 410 g/mol. The smallest absolute Gasteiger partial charge is 0.265 e. The van der Waals surface area contributed by atoms with Crippen molar-refractivity contribution in [1.82, 2.24) is 0 Å². The first-order valence-electron chi connectivity index (χ1n) is 4.89. The molecule has 1 amide bonds. The van der Waals surface area contributed by atoms with E-state index in [0.29, 0.717) is 10.9 Å². The molecule has 1 aromatic heterocycles. The SMILES string of the molecule is Nc1cc(NC(=O)c2cc(Br)c(Br)s2)c(F)cc1F. The number of benzene rings is 1. The van der Waals surface area contributed by atoms with Crippen molar-refractivity contribution in [2.75, 3.05) is 11.1 Å². The van der Waals surface area contributed by atoms with E-state index in [0.717, 1.165) is 14.3 Å². The van der Waals surface area contributed by atoms with Gasteiger partial charge in [-0.2, -0.15) is 0 Å². The number of rotatable bonds is 2. The van der Waals surface area contributed by atoms with Crippen LogP contribution < -0.4 is 11.1 Å². The number of carbonyl (C=O) groups is 1. The van der Waals surface area contributed by atoms with Crippen LogP contribution in [0.1, 0.15) is 9.67 Å². The van der Waals surface area contributed by atoms with Gasteiger partial charge in [0.1, 0.15) is 11.6 Å². The summed E-state index contributed by atoms with van der Waals surface area (Å²) in [6.45, 7) is 0. The minimum Gasteiger partial charge on any atom is -0.396 e. The molecule has 0 radical (unpaired) electrons. The van der Waals surface area contributed by atoms with Crippen LogP contribution in [-0.4, -0.2) is 5.91 Å². The minimum absolute atomic E-state index is 0.162. The summed E-state index contributed by atoms with van der Waals surface area (Å²) < 4.78 is 27.9. The van der Waals surface area contributed by atoms with E-state index in [1.165, 1.54) is 11.3 Å². The van der Waals surface area contributed by atoms with E-state index in [9.17, 15) is 13.6 Å². The number of nitrogens with one attached hydrogen (secondary N) is 1. The molecular weight excluding hydrogens is 406 g/mol. The third-order valence-corrected chi connectivity index (χ3v) is 5.46. The van der Waals surface area contributed by atoms with Crippen LogP contribution in [0.5, 0.6) is 0 Å². The molecule has 0 aliphatic heterocycles. The molecule has 1 aromatic carbocycles. The molecule has 3 nitrogen and oxygen atoms in total. The van der Waals surface area contributed by atoms with Crippen molar-refractivity contribution in [1.29, 1.82) is 0 Å². The minimum atomic E-state index is -0.880. The molecule has 100 valence electrons. The first kappa shape index (κ1) is 14.4. The highest BCUT2D eigenvalue weighted by molar-refractivity contribution is 9.13. The summed E-state index contributed by atoms with van der Waals surface area (Å²) >= 11 is 7.68. The van der Waals surface area contributed by atoms with E-state index in [4.69, 9.17) is 5.73 Å². The highest BCUT2D eigenvalue weighted by Crippen LogP contribution is 2.33. The fourth-order valence-corrected chi connectivity index (χ4v) is 3.23. The number of nitrogen functional groups attached to an aromatic ring is 1. The molecule has 0 bridgehead atoms. The van der Waals surface area contributed by atoms with Crippen LogP contribution in [0.3, 0.4) is 0 Å². The van der Waals surface area contributed by atoms with Gasteiger partial charge in [0.2, 0.25) is 0 Å². The summed E-state index contributed by atoms with van der Waals surface area (Å²) in [4.78, 5) is 12.3. The molecule has 0 unspecified atom stereocenters. The summed E-state index contributed by atoms with van der Waals surface area (Å²) in [5.41, 5.74) is 4.93. The quantitative estimate of drug-likeness (QED) is 0.720. The lowest BCUT2D eigenvalue weighted by atomic mass is 10.2. The second kappa shape index (κ2) is 5.56. The van der Waals surface area contributed by atoms with Gasteiger partial charge in [-0.3, -0.25) is 4.79 Å². The molecule has 0 atom stereocenters. The molecule has 0 saturated heterocycles. The van der Waals surface area contributed by atoms with Crippen LogP contribution in [0, 0.1) is 11.6 Å². The van der Waals surface area contributed by atoms with Crippen LogP contribution in [0.4, 0.5) is 20.2 Å². The number of carbonyl (C=O) groups excluding carboxylic acids is 1.